The largest absolute Gasteiger partial charge is 0.348 e. The Balaban J connectivity index is 1.39. The zero-order chi connectivity index (χ0) is 18.6. The van der Waals surface area contributed by atoms with Gasteiger partial charge >= 0.3 is 6.03 Å². The number of hydrogen-bond acceptors (Lipinski definition) is 3. The third-order valence-corrected chi connectivity index (χ3v) is 7.41. The van der Waals surface area contributed by atoms with Crippen LogP contribution in [-0.2, 0) is 4.79 Å². The lowest BCUT2D eigenvalue weighted by Crippen LogP contribution is -2.50. The van der Waals surface area contributed by atoms with Crippen molar-refractivity contribution in [3.63, 3.8) is 0 Å². The summed E-state index contributed by atoms with van der Waals surface area (Å²) in [6.07, 6.45) is 8.96. The molecule has 3 aliphatic rings. The van der Waals surface area contributed by atoms with Crippen molar-refractivity contribution in [2.75, 3.05) is 26.2 Å². The number of carbonyl (C=O) groups is 2. The number of nitrogens with zero attached hydrogens (tertiary/aromatic N) is 2. The quantitative estimate of drug-likeness (QED) is 0.845. The smallest absolute Gasteiger partial charge is 0.320 e. The van der Waals surface area contributed by atoms with Crippen molar-refractivity contribution in [3.8, 4) is 0 Å². The Kier molecular flexibility index (Phi) is 6.01. The molecule has 2 unspecified atom stereocenters. The predicted molar refractivity (Wildman–Crippen MR) is 108 cm³/mol. The van der Waals surface area contributed by atoms with Crippen LogP contribution in [-0.4, -0.2) is 47.9 Å². The minimum atomic E-state index is -0.0748. The first-order valence-corrected chi connectivity index (χ1v) is 11.5. The van der Waals surface area contributed by atoms with Gasteiger partial charge in [0.2, 0.25) is 5.91 Å². The highest BCUT2D eigenvalue weighted by Crippen LogP contribution is 2.37. The van der Waals surface area contributed by atoms with E-state index in [1.54, 1.807) is 11.3 Å². The number of amides is 3. The van der Waals surface area contributed by atoms with Crippen LogP contribution in [0, 0.1) is 11.8 Å². The lowest BCUT2D eigenvalue weighted by atomic mass is 9.93. The molecule has 4 rings (SSSR count). The highest BCUT2D eigenvalue weighted by atomic mass is 32.1. The Hall–Kier alpha value is -1.56. The SMILES string of the molecule is O=C(NC(c1cccs1)C1CCCC1)C1CCCN(C(=O)N2CCCC2)C1. The molecule has 2 saturated heterocycles. The van der Waals surface area contributed by atoms with Crippen LogP contribution >= 0.6 is 11.3 Å². The molecule has 0 radical (unpaired) electrons. The fraction of sp³-hybridized carbons (Fsp3) is 0.714. The van der Waals surface area contributed by atoms with Gasteiger partial charge in [-0.15, -0.1) is 11.3 Å². The van der Waals surface area contributed by atoms with Crippen LogP contribution < -0.4 is 5.32 Å². The Morgan fingerprint density at radius 3 is 2.44 bits per heavy atom. The van der Waals surface area contributed by atoms with Crippen molar-refractivity contribution in [2.24, 2.45) is 11.8 Å². The van der Waals surface area contributed by atoms with Gasteiger partial charge in [-0.25, -0.2) is 4.79 Å². The number of urea groups is 1. The maximum absolute atomic E-state index is 13.1. The second kappa shape index (κ2) is 8.63. The van der Waals surface area contributed by atoms with Gasteiger partial charge in [0.05, 0.1) is 12.0 Å². The van der Waals surface area contributed by atoms with Crippen LogP contribution in [0.15, 0.2) is 17.5 Å². The van der Waals surface area contributed by atoms with Gasteiger partial charge in [0.25, 0.3) is 0 Å². The molecule has 27 heavy (non-hydrogen) atoms. The standard InChI is InChI=1S/C21H31N3O2S/c25-20(22-19(16-7-1-2-8-16)18-10-6-14-27-18)17-9-5-13-24(15-17)21(26)23-11-3-4-12-23/h6,10,14,16-17,19H,1-5,7-9,11-13,15H2,(H,22,25). The summed E-state index contributed by atoms with van der Waals surface area (Å²) in [4.78, 5) is 30.9. The zero-order valence-corrected chi connectivity index (χ0v) is 16.9. The fourth-order valence-electron chi connectivity index (χ4n) is 4.92. The number of carbonyl (C=O) groups excluding carboxylic acids is 2. The molecule has 1 N–H and O–H groups in total. The van der Waals surface area contributed by atoms with Crippen molar-refractivity contribution in [2.45, 2.75) is 57.4 Å². The van der Waals surface area contributed by atoms with Crippen LogP contribution in [0.2, 0.25) is 0 Å². The predicted octanol–water partition coefficient (Wildman–Crippen LogP) is 4.02. The van der Waals surface area contributed by atoms with E-state index in [2.05, 4.69) is 22.8 Å². The number of piperidine rings is 1. The Labute approximate surface area is 166 Å². The first-order chi connectivity index (χ1) is 13.2. The molecule has 148 valence electrons. The molecule has 3 amide bonds. The maximum Gasteiger partial charge on any atom is 0.320 e. The molecule has 2 atom stereocenters. The first-order valence-electron chi connectivity index (χ1n) is 10.6. The van der Waals surface area contributed by atoms with Crippen LogP contribution in [0.25, 0.3) is 0 Å². The third-order valence-electron chi connectivity index (χ3n) is 6.46. The Morgan fingerprint density at radius 1 is 1.00 bits per heavy atom. The third kappa shape index (κ3) is 4.31. The highest BCUT2D eigenvalue weighted by molar-refractivity contribution is 7.10. The summed E-state index contributed by atoms with van der Waals surface area (Å²) in [7, 11) is 0. The van der Waals surface area contributed by atoms with Gasteiger partial charge < -0.3 is 15.1 Å². The average Bonchev–Trinajstić information content (AvgIpc) is 3.48. The monoisotopic (exact) mass is 389 g/mol. The van der Waals surface area contributed by atoms with Crippen molar-refractivity contribution < 1.29 is 9.59 Å². The zero-order valence-electron chi connectivity index (χ0n) is 16.1. The molecule has 0 bridgehead atoms. The van der Waals surface area contributed by atoms with E-state index >= 15 is 0 Å². The van der Waals surface area contributed by atoms with E-state index < -0.39 is 0 Å². The molecule has 3 heterocycles. The molecule has 6 heteroatoms. The van der Waals surface area contributed by atoms with E-state index in [1.165, 1.54) is 30.6 Å². The number of thiophene rings is 1. The van der Waals surface area contributed by atoms with Gasteiger partial charge in [0.1, 0.15) is 0 Å². The average molecular weight is 390 g/mol. The van der Waals surface area contributed by atoms with Crippen LogP contribution in [0.4, 0.5) is 4.79 Å². The molecule has 1 aromatic rings. The van der Waals surface area contributed by atoms with E-state index in [9.17, 15) is 9.59 Å². The van der Waals surface area contributed by atoms with Gasteiger partial charge in [-0.2, -0.15) is 0 Å². The lowest BCUT2D eigenvalue weighted by molar-refractivity contribution is -0.127. The number of likely N-dealkylation sites (tertiary alicyclic amines) is 2. The molecule has 3 fully saturated rings. The summed E-state index contributed by atoms with van der Waals surface area (Å²) < 4.78 is 0. The molecular weight excluding hydrogens is 358 g/mol. The van der Waals surface area contributed by atoms with Gasteiger partial charge in [-0.1, -0.05) is 18.9 Å². The number of rotatable bonds is 4. The second-order valence-corrected chi connectivity index (χ2v) is 9.29. The molecule has 2 aliphatic heterocycles. The van der Waals surface area contributed by atoms with E-state index in [0.717, 1.165) is 45.3 Å². The summed E-state index contributed by atoms with van der Waals surface area (Å²) in [5, 5.41) is 5.48. The van der Waals surface area contributed by atoms with E-state index in [1.807, 2.05) is 9.80 Å². The maximum atomic E-state index is 13.1. The summed E-state index contributed by atoms with van der Waals surface area (Å²) in [6, 6.07) is 4.50. The molecular formula is C21H31N3O2S. The summed E-state index contributed by atoms with van der Waals surface area (Å²) >= 11 is 1.74. The van der Waals surface area contributed by atoms with Crippen molar-refractivity contribution in [1.82, 2.24) is 15.1 Å². The van der Waals surface area contributed by atoms with Gasteiger partial charge in [-0.05, 0) is 55.9 Å². The second-order valence-electron chi connectivity index (χ2n) is 8.31. The molecule has 0 spiro atoms. The fourth-order valence-corrected chi connectivity index (χ4v) is 5.79. The molecule has 0 aromatic carbocycles. The van der Waals surface area contributed by atoms with E-state index in [-0.39, 0.29) is 23.9 Å². The van der Waals surface area contributed by atoms with Crippen LogP contribution in [0.5, 0.6) is 0 Å². The van der Waals surface area contributed by atoms with Crippen molar-refractivity contribution >= 4 is 23.3 Å². The Bertz CT molecular complexity index is 636. The van der Waals surface area contributed by atoms with E-state index in [4.69, 9.17) is 0 Å². The highest BCUT2D eigenvalue weighted by Gasteiger charge is 2.34. The Morgan fingerprint density at radius 2 is 1.74 bits per heavy atom. The van der Waals surface area contributed by atoms with Gasteiger partial charge in [0, 0.05) is 31.1 Å². The molecule has 5 nitrogen and oxygen atoms in total. The van der Waals surface area contributed by atoms with Crippen molar-refractivity contribution in [3.05, 3.63) is 22.4 Å². The first kappa shape index (κ1) is 18.8. The lowest BCUT2D eigenvalue weighted by Gasteiger charge is -2.35. The molecule has 1 aromatic heterocycles. The molecule has 1 saturated carbocycles. The van der Waals surface area contributed by atoms with Crippen LogP contribution in [0.1, 0.15) is 62.3 Å². The minimum absolute atomic E-state index is 0.0748. The topological polar surface area (TPSA) is 52.7 Å². The van der Waals surface area contributed by atoms with E-state index in [0.29, 0.717) is 12.5 Å². The number of hydrogen-bond donors (Lipinski definition) is 1. The summed E-state index contributed by atoms with van der Waals surface area (Å²) in [6.45, 7) is 3.10. The van der Waals surface area contributed by atoms with Gasteiger partial charge in [-0.3, -0.25) is 4.79 Å². The minimum Gasteiger partial charge on any atom is -0.348 e. The summed E-state index contributed by atoms with van der Waals surface area (Å²) in [5.41, 5.74) is 0. The van der Waals surface area contributed by atoms with Crippen LogP contribution in [0.3, 0.4) is 0 Å². The normalized spacial score (nSPS) is 25.0. The van der Waals surface area contributed by atoms with Gasteiger partial charge in [0.15, 0.2) is 0 Å². The van der Waals surface area contributed by atoms with Crippen molar-refractivity contribution in [1.29, 1.82) is 0 Å². The number of nitrogens with one attached hydrogen (secondary N) is 1. The summed E-state index contributed by atoms with van der Waals surface area (Å²) in [5.74, 6) is 0.618. The molecule has 1 aliphatic carbocycles.